The van der Waals surface area contributed by atoms with E-state index >= 15 is 0 Å². The fraction of sp³-hybridized carbons (Fsp3) is 0.762. The van der Waals surface area contributed by atoms with Crippen LogP contribution in [0, 0.1) is 5.92 Å². The third kappa shape index (κ3) is 6.19. The Balaban J connectivity index is 2.16. The third-order valence-corrected chi connectivity index (χ3v) is 5.97. The lowest BCUT2D eigenvalue weighted by molar-refractivity contribution is -0.121. The first kappa shape index (κ1) is 22.7. The molecule has 0 N–H and O–H groups in total. The Morgan fingerprint density at radius 2 is 1.93 bits per heavy atom. The number of hydrogen-bond acceptors (Lipinski definition) is 4. The quantitative estimate of drug-likeness (QED) is 0.743. The van der Waals surface area contributed by atoms with E-state index < -0.39 is 5.60 Å². The number of nitrogens with zero attached hydrogens (tertiary/aromatic N) is 3. The van der Waals surface area contributed by atoms with Crippen molar-refractivity contribution < 1.29 is 14.3 Å². The van der Waals surface area contributed by atoms with E-state index in [0.29, 0.717) is 19.5 Å². The molecule has 1 aromatic rings. The Bertz CT molecular complexity index is 765. The first-order valence-electron chi connectivity index (χ1n) is 10.2. The van der Waals surface area contributed by atoms with Gasteiger partial charge in [-0.25, -0.2) is 9.79 Å². The number of amides is 2. The van der Waals surface area contributed by atoms with E-state index in [4.69, 9.17) is 4.74 Å². The van der Waals surface area contributed by atoms with E-state index in [0.717, 1.165) is 29.5 Å². The number of aromatic nitrogens is 1. The summed E-state index contributed by atoms with van der Waals surface area (Å²) < 4.78 is 8.40. The van der Waals surface area contributed by atoms with E-state index in [1.165, 1.54) is 0 Å². The highest BCUT2D eigenvalue weighted by Gasteiger charge is 2.33. The summed E-state index contributed by atoms with van der Waals surface area (Å²) in [6.07, 6.45) is 5.52. The number of carbonyl (C=O) groups excluding carboxylic acids is 2. The number of rotatable bonds is 4. The molecule has 7 heteroatoms. The molecular weight excluding hydrogens is 374 g/mol. The zero-order valence-corrected chi connectivity index (χ0v) is 19.2. The average Bonchev–Trinajstić information content (AvgIpc) is 3.18. The van der Waals surface area contributed by atoms with Gasteiger partial charge in [0, 0.05) is 30.4 Å². The molecule has 1 atom stereocenters. The Morgan fingerprint density at radius 1 is 1.25 bits per heavy atom. The van der Waals surface area contributed by atoms with Crippen molar-refractivity contribution in [1.82, 2.24) is 8.86 Å². The summed E-state index contributed by atoms with van der Waals surface area (Å²) in [7, 11) is 0. The second-order valence-corrected chi connectivity index (χ2v) is 10.5. The first-order chi connectivity index (χ1) is 12.9. The Morgan fingerprint density at radius 3 is 2.50 bits per heavy atom. The molecule has 0 spiro atoms. The van der Waals surface area contributed by atoms with Gasteiger partial charge in [-0.05, 0) is 72.3 Å². The van der Waals surface area contributed by atoms with Gasteiger partial charge in [0.1, 0.15) is 10.3 Å². The highest BCUT2D eigenvalue weighted by Crippen LogP contribution is 2.21. The highest BCUT2D eigenvalue weighted by atomic mass is 32.1. The zero-order valence-electron chi connectivity index (χ0n) is 18.4. The van der Waals surface area contributed by atoms with Crippen LogP contribution in [0.5, 0.6) is 0 Å². The van der Waals surface area contributed by atoms with Crippen LogP contribution in [0.25, 0.3) is 0 Å². The molecule has 0 saturated carbocycles. The number of ether oxygens (including phenoxy) is 1. The molecule has 0 bridgehead atoms. The van der Waals surface area contributed by atoms with Crippen molar-refractivity contribution in [1.29, 1.82) is 0 Å². The SMILES string of the molecule is CCCCc1cn(C(C)(C)C)sc1=NC(=O)C1CCN(C(=O)OC(C)(C)C)C1. The predicted molar refractivity (Wildman–Crippen MR) is 112 cm³/mol. The molecule has 1 aliphatic rings. The van der Waals surface area contributed by atoms with Gasteiger partial charge in [-0.2, -0.15) is 0 Å². The molecule has 2 rings (SSSR count). The molecule has 6 nitrogen and oxygen atoms in total. The van der Waals surface area contributed by atoms with Gasteiger partial charge < -0.3 is 9.64 Å². The molecule has 1 fully saturated rings. The van der Waals surface area contributed by atoms with Gasteiger partial charge in [-0.15, -0.1) is 0 Å². The first-order valence-corrected chi connectivity index (χ1v) is 11.0. The van der Waals surface area contributed by atoms with Crippen LogP contribution in [-0.4, -0.2) is 39.5 Å². The fourth-order valence-electron chi connectivity index (χ4n) is 2.98. The van der Waals surface area contributed by atoms with E-state index in [9.17, 15) is 9.59 Å². The van der Waals surface area contributed by atoms with Gasteiger partial charge in [0.25, 0.3) is 5.91 Å². The largest absolute Gasteiger partial charge is 0.444 e. The second-order valence-electron chi connectivity index (χ2n) is 9.51. The molecule has 1 saturated heterocycles. The van der Waals surface area contributed by atoms with E-state index in [1.807, 2.05) is 20.8 Å². The molecule has 158 valence electrons. The van der Waals surface area contributed by atoms with Crippen LogP contribution < -0.4 is 4.67 Å². The topological polar surface area (TPSA) is 63.9 Å². The number of carbonyl (C=O) groups is 2. The van der Waals surface area contributed by atoms with Crippen molar-refractivity contribution in [2.24, 2.45) is 10.9 Å². The maximum atomic E-state index is 12.8. The molecular formula is C21H35N3O3S. The molecule has 1 unspecified atom stereocenters. The van der Waals surface area contributed by atoms with Crippen molar-refractivity contribution >= 4 is 23.5 Å². The second kappa shape index (κ2) is 8.80. The van der Waals surface area contributed by atoms with Gasteiger partial charge in [-0.3, -0.25) is 8.75 Å². The van der Waals surface area contributed by atoms with Crippen LogP contribution in [-0.2, 0) is 21.5 Å². The lowest BCUT2D eigenvalue weighted by Crippen LogP contribution is -2.35. The summed E-state index contributed by atoms with van der Waals surface area (Å²) in [4.78, 5) is 31.1. The summed E-state index contributed by atoms with van der Waals surface area (Å²) >= 11 is 1.54. The van der Waals surface area contributed by atoms with Gasteiger partial charge in [0.2, 0.25) is 0 Å². The van der Waals surface area contributed by atoms with Crippen molar-refractivity contribution in [2.75, 3.05) is 13.1 Å². The van der Waals surface area contributed by atoms with Crippen molar-refractivity contribution in [2.45, 2.75) is 85.3 Å². The van der Waals surface area contributed by atoms with Crippen LogP contribution in [0.15, 0.2) is 11.2 Å². The minimum absolute atomic E-state index is 0.0384. The maximum Gasteiger partial charge on any atom is 0.410 e. The average molecular weight is 410 g/mol. The fourth-order valence-corrected chi connectivity index (χ4v) is 4.02. The zero-order chi connectivity index (χ0) is 21.1. The smallest absolute Gasteiger partial charge is 0.410 e. The number of hydrogen-bond donors (Lipinski definition) is 0. The van der Waals surface area contributed by atoms with Gasteiger partial charge in [0.05, 0.1) is 5.92 Å². The number of likely N-dealkylation sites (tertiary alicyclic amines) is 1. The van der Waals surface area contributed by atoms with E-state index in [-0.39, 0.29) is 23.5 Å². The standard InChI is InChI=1S/C21H35N3O3S/c1-8-9-10-16-14-24(20(2,3)4)28-18(16)22-17(25)15-11-12-23(13-15)19(26)27-21(5,6)7/h14-15H,8-13H2,1-7H3. The van der Waals surface area contributed by atoms with Gasteiger partial charge in [-0.1, -0.05) is 13.3 Å². The summed E-state index contributed by atoms with van der Waals surface area (Å²) in [5.74, 6) is -0.386. The minimum atomic E-state index is -0.532. The molecule has 2 heterocycles. The normalized spacial score (nSPS) is 18.6. The summed E-state index contributed by atoms with van der Waals surface area (Å²) in [5.41, 5.74) is 0.565. The number of aryl methyl sites for hydroxylation is 1. The molecule has 0 aromatic carbocycles. The maximum absolute atomic E-state index is 12.8. The van der Waals surface area contributed by atoms with Crippen molar-refractivity contribution in [3.63, 3.8) is 0 Å². The van der Waals surface area contributed by atoms with Crippen LogP contribution in [0.3, 0.4) is 0 Å². The van der Waals surface area contributed by atoms with Gasteiger partial charge >= 0.3 is 6.09 Å². The van der Waals surface area contributed by atoms with Crippen molar-refractivity contribution in [3.05, 3.63) is 16.4 Å². The van der Waals surface area contributed by atoms with E-state index in [1.54, 1.807) is 16.4 Å². The Kier molecular flexibility index (Phi) is 7.12. The lowest BCUT2D eigenvalue weighted by atomic mass is 10.1. The summed E-state index contributed by atoms with van der Waals surface area (Å²) in [5, 5.41) is 0. The Hall–Kier alpha value is -1.63. The molecule has 28 heavy (non-hydrogen) atoms. The van der Waals surface area contributed by atoms with Crippen LogP contribution in [0.2, 0.25) is 0 Å². The van der Waals surface area contributed by atoms with Crippen molar-refractivity contribution in [3.8, 4) is 0 Å². The molecule has 1 aliphatic heterocycles. The minimum Gasteiger partial charge on any atom is -0.444 e. The monoisotopic (exact) mass is 409 g/mol. The molecule has 0 aliphatic carbocycles. The summed E-state index contributed by atoms with van der Waals surface area (Å²) in [6.45, 7) is 15.1. The van der Waals surface area contributed by atoms with Crippen LogP contribution in [0.1, 0.15) is 73.3 Å². The van der Waals surface area contributed by atoms with Crippen LogP contribution >= 0.6 is 11.5 Å². The highest BCUT2D eigenvalue weighted by molar-refractivity contribution is 7.04. The lowest BCUT2D eigenvalue weighted by Gasteiger charge is -2.24. The third-order valence-electron chi connectivity index (χ3n) is 4.59. The molecule has 2 amide bonds. The predicted octanol–water partition coefficient (Wildman–Crippen LogP) is 4.33. The van der Waals surface area contributed by atoms with E-state index in [2.05, 4.69) is 42.8 Å². The molecule has 0 radical (unpaired) electrons. The summed E-state index contributed by atoms with van der Waals surface area (Å²) in [6, 6.07) is 0. The van der Waals surface area contributed by atoms with Gasteiger partial charge in [0.15, 0.2) is 0 Å². The number of unbranched alkanes of at least 4 members (excludes halogenated alkanes) is 1. The van der Waals surface area contributed by atoms with Crippen LogP contribution in [0.4, 0.5) is 4.79 Å². The molecule has 1 aromatic heterocycles. The Labute approximate surface area is 172 Å².